The van der Waals surface area contributed by atoms with Gasteiger partial charge < -0.3 is 5.73 Å². The molecule has 0 amide bonds. The Kier molecular flexibility index (Phi) is 4.11. The van der Waals surface area contributed by atoms with Crippen LogP contribution in [0.1, 0.15) is 37.5 Å². The van der Waals surface area contributed by atoms with Crippen molar-refractivity contribution in [3.8, 4) is 0 Å². The van der Waals surface area contributed by atoms with Gasteiger partial charge in [-0.05, 0) is 42.2 Å². The van der Waals surface area contributed by atoms with E-state index in [9.17, 15) is 4.79 Å². The number of benzene rings is 1. The molecule has 2 heteroatoms. The number of anilines is 1. The Bertz CT molecular complexity index is 394. The molecule has 2 nitrogen and oxygen atoms in total. The van der Waals surface area contributed by atoms with E-state index in [1.54, 1.807) is 0 Å². The smallest absolute Gasteiger partial charge is 0.139 e. The molecular weight excluding hydrogens is 198 g/mol. The number of hydrogen-bond acceptors (Lipinski definition) is 2. The molecule has 0 spiro atoms. The maximum absolute atomic E-state index is 11.8. The fraction of sp³-hybridized carbons (Fsp3) is 0.500. The van der Waals surface area contributed by atoms with Crippen molar-refractivity contribution in [2.24, 2.45) is 5.92 Å². The highest BCUT2D eigenvalue weighted by atomic mass is 16.1. The normalized spacial score (nSPS) is 10.8. The Hall–Kier alpha value is -1.31. The molecule has 0 unspecified atom stereocenters. The standard InChI is InChI=1S/C14H21NO/c1-5-11-7-12(15)6-10(4)13(11)8-14(16)9(2)3/h6-7,9H,5,8,15H2,1-4H3. The van der Waals surface area contributed by atoms with E-state index in [4.69, 9.17) is 5.73 Å². The van der Waals surface area contributed by atoms with Crippen molar-refractivity contribution >= 4 is 11.5 Å². The van der Waals surface area contributed by atoms with E-state index in [-0.39, 0.29) is 5.92 Å². The van der Waals surface area contributed by atoms with Crippen LogP contribution in [0.4, 0.5) is 5.69 Å². The number of carbonyl (C=O) groups excluding carboxylic acids is 1. The number of nitrogens with two attached hydrogens (primary N) is 1. The van der Waals surface area contributed by atoms with Crippen LogP contribution in [0.3, 0.4) is 0 Å². The van der Waals surface area contributed by atoms with Gasteiger partial charge in [0, 0.05) is 18.0 Å². The average molecular weight is 219 g/mol. The number of Topliss-reactive ketones (excluding diaryl/α,β-unsaturated/α-hetero) is 1. The van der Waals surface area contributed by atoms with Gasteiger partial charge in [0.25, 0.3) is 0 Å². The van der Waals surface area contributed by atoms with Gasteiger partial charge in [-0.15, -0.1) is 0 Å². The molecule has 0 aromatic heterocycles. The lowest BCUT2D eigenvalue weighted by Crippen LogP contribution is -2.13. The molecule has 0 radical (unpaired) electrons. The molecule has 0 aliphatic rings. The highest BCUT2D eigenvalue weighted by Crippen LogP contribution is 2.21. The van der Waals surface area contributed by atoms with Gasteiger partial charge in [0.05, 0.1) is 0 Å². The van der Waals surface area contributed by atoms with Gasteiger partial charge in [0.1, 0.15) is 5.78 Å². The highest BCUT2D eigenvalue weighted by molar-refractivity contribution is 5.83. The van der Waals surface area contributed by atoms with Gasteiger partial charge in [-0.1, -0.05) is 20.8 Å². The summed E-state index contributed by atoms with van der Waals surface area (Å²) in [5, 5.41) is 0. The summed E-state index contributed by atoms with van der Waals surface area (Å²) in [4.78, 5) is 11.8. The van der Waals surface area contributed by atoms with Crippen molar-refractivity contribution in [2.75, 3.05) is 5.73 Å². The van der Waals surface area contributed by atoms with Gasteiger partial charge in [-0.25, -0.2) is 0 Å². The second kappa shape index (κ2) is 5.15. The Morgan fingerprint density at radius 3 is 2.50 bits per heavy atom. The van der Waals surface area contributed by atoms with Gasteiger partial charge in [-0.3, -0.25) is 4.79 Å². The Morgan fingerprint density at radius 2 is 2.00 bits per heavy atom. The molecule has 0 saturated heterocycles. The second-order valence-corrected chi connectivity index (χ2v) is 4.63. The van der Waals surface area contributed by atoms with E-state index in [2.05, 4.69) is 6.92 Å². The third kappa shape index (κ3) is 2.84. The van der Waals surface area contributed by atoms with Crippen LogP contribution in [0.2, 0.25) is 0 Å². The van der Waals surface area contributed by atoms with Crippen LogP contribution in [0.25, 0.3) is 0 Å². The molecule has 0 bridgehead atoms. The largest absolute Gasteiger partial charge is 0.399 e. The first-order valence-electron chi connectivity index (χ1n) is 5.86. The number of carbonyl (C=O) groups is 1. The molecule has 0 fully saturated rings. The molecule has 0 aliphatic carbocycles. The molecule has 0 heterocycles. The van der Waals surface area contributed by atoms with Gasteiger partial charge in [0.15, 0.2) is 0 Å². The van der Waals surface area contributed by atoms with Crippen molar-refractivity contribution in [1.29, 1.82) is 0 Å². The van der Waals surface area contributed by atoms with E-state index in [1.165, 1.54) is 5.56 Å². The number of ketones is 1. The van der Waals surface area contributed by atoms with Crippen LogP contribution >= 0.6 is 0 Å². The van der Waals surface area contributed by atoms with Crippen molar-refractivity contribution in [3.63, 3.8) is 0 Å². The summed E-state index contributed by atoms with van der Waals surface area (Å²) in [7, 11) is 0. The van der Waals surface area contributed by atoms with E-state index in [0.717, 1.165) is 23.2 Å². The molecular formula is C14H21NO. The predicted octanol–water partition coefficient (Wildman–Crippen LogP) is 2.91. The summed E-state index contributed by atoms with van der Waals surface area (Å²) >= 11 is 0. The van der Waals surface area contributed by atoms with Crippen LogP contribution in [0.5, 0.6) is 0 Å². The summed E-state index contributed by atoms with van der Waals surface area (Å²) < 4.78 is 0. The van der Waals surface area contributed by atoms with Gasteiger partial charge >= 0.3 is 0 Å². The Labute approximate surface area is 97.9 Å². The van der Waals surface area contributed by atoms with Gasteiger partial charge in [-0.2, -0.15) is 0 Å². The lowest BCUT2D eigenvalue weighted by Gasteiger charge is -2.13. The molecule has 0 atom stereocenters. The number of aryl methyl sites for hydroxylation is 2. The van der Waals surface area contributed by atoms with Crippen LogP contribution in [0, 0.1) is 12.8 Å². The van der Waals surface area contributed by atoms with Crippen LogP contribution in [-0.4, -0.2) is 5.78 Å². The fourth-order valence-corrected chi connectivity index (χ4v) is 1.87. The summed E-state index contributed by atoms with van der Waals surface area (Å²) in [6.45, 7) is 8.01. The first-order valence-corrected chi connectivity index (χ1v) is 5.86. The Morgan fingerprint density at radius 1 is 1.38 bits per heavy atom. The molecule has 0 aliphatic heterocycles. The second-order valence-electron chi connectivity index (χ2n) is 4.63. The van der Waals surface area contributed by atoms with E-state index in [1.807, 2.05) is 32.9 Å². The van der Waals surface area contributed by atoms with E-state index < -0.39 is 0 Å². The average Bonchev–Trinajstić information content (AvgIpc) is 2.21. The molecule has 1 rings (SSSR count). The lowest BCUT2D eigenvalue weighted by molar-refractivity contribution is -0.121. The number of nitrogen functional groups attached to an aromatic ring is 1. The summed E-state index contributed by atoms with van der Waals surface area (Å²) in [6, 6.07) is 3.93. The van der Waals surface area contributed by atoms with Gasteiger partial charge in [0.2, 0.25) is 0 Å². The summed E-state index contributed by atoms with van der Waals surface area (Å²) in [6.07, 6.45) is 1.46. The summed E-state index contributed by atoms with van der Waals surface area (Å²) in [5.41, 5.74) is 10.1. The maximum Gasteiger partial charge on any atom is 0.139 e. The van der Waals surface area contributed by atoms with Crippen LogP contribution in [0.15, 0.2) is 12.1 Å². The minimum atomic E-state index is 0.0988. The first-order chi connectivity index (χ1) is 7.45. The van der Waals surface area contributed by atoms with Crippen molar-refractivity contribution in [2.45, 2.75) is 40.5 Å². The predicted molar refractivity (Wildman–Crippen MR) is 68.5 cm³/mol. The first kappa shape index (κ1) is 12.8. The zero-order valence-corrected chi connectivity index (χ0v) is 10.6. The SMILES string of the molecule is CCc1cc(N)cc(C)c1CC(=O)C(C)C. The molecule has 1 aromatic rings. The topological polar surface area (TPSA) is 43.1 Å². The molecule has 0 saturated carbocycles. The fourth-order valence-electron chi connectivity index (χ4n) is 1.87. The maximum atomic E-state index is 11.8. The zero-order valence-electron chi connectivity index (χ0n) is 10.6. The Balaban J connectivity index is 3.07. The number of rotatable bonds is 4. The van der Waals surface area contributed by atoms with Crippen LogP contribution < -0.4 is 5.73 Å². The molecule has 1 aromatic carbocycles. The van der Waals surface area contributed by atoms with E-state index >= 15 is 0 Å². The third-order valence-electron chi connectivity index (χ3n) is 2.96. The minimum Gasteiger partial charge on any atom is -0.399 e. The van der Waals surface area contributed by atoms with Crippen molar-refractivity contribution in [1.82, 2.24) is 0 Å². The minimum absolute atomic E-state index is 0.0988. The quantitative estimate of drug-likeness (QED) is 0.791. The number of hydrogen-bond donors (Lipinski definition) is 1. The van der Waals surface area contributed by atoms with Crippen molar-refractivity contribution in [3.05, 3.63) is 28.8 Å². The van der Waals surface area contributed by atoms with Crippen LogP contribution in [-0.2, 0) is 17.6 Å². The van der Waals surface area contributed by atoms with Crippen molar-refractivity contribution < 1.29 is 4.79 Å². The zero-order chi connectivity index (χ0) is 12.3. The highest BCUT2D eigenvalue weighted by Gasteiger charge is 2.13. The summed E-state index contributed by atoms with van der Waals surface area (Å²) in [5.74, 6) is 0.393. The monoisotopic (exact) mass is 219 g/mol. The third-order valence-corrected chi connectivity index (χ3v) is 2.96. The van der Waals surface area contributed by atoms with E-state index in [0.29, 0.717) is 12.2 Å². The molecule has 16 heavy (non-hydrogen) atoms. The molecule has 2 N–H and O–H groups in total. The molecule has 88 valence electrons. The lowest BCUT2D eigenvalue weighted by atomic mass is 9.92.